The van der Waals surface area contributed by atoms with Crippen LogP contribution in [-0.2, 0) is 4.74 Å². The molecule has 3 heterocycles. The van der Waals surface area contributed by atoms with Gasteiger partial charge < -0.3 is 29.2 Å². The molecular weight excluding hydrogens is 374 g/mol. The Morgan fingerprint density at radius 3 is 2.62 bits per heavy atom. The van der Waals surface area contributed by atoms with Gasteiger partial charge in [0, 0.05) is 50.9 Å². The lowest BCUT2D eigenvalue weighted by molar-refractivity contribution is 0.106. The number of piperazine rings is 1. The molecule has 0 amide bonds. The van der Waals surface area contributed by atoms with Gasteiger partial charge in [-0.15, -0.1) is 0 Å². The summed E-state index contributed by atoms with van der Waals surface area (Å²) in [4.78, 5) is 15.3. The lowest BCUT2D eigenvalue weighted by Gasteiger charge is -2.35. The average molecular weight is 403 g/mol. The molecule has 9 heteroatoms. The molecule has 1 aliphatic rings. The fourth-order valence-corrected chi connectivity index (χ4v) is 3.00. The summed E-state index contributed by atoms with van der Waals surface area (Å²) in [6.07, 6.45) is 4.99. The van der Waals surface area contributed by atoms with Gasteiger partial charge in [-0.3, -0.25) is 0 Å². The van der Waals surface area contributed by atoms with Crippen molar-refractivity contribution < 1.29 is 18.9 Å². The molecule has 1 fully saturated rings. The summed E-state index contributed by atoms with van der Waals surface area (Å²) in [7, 11) is 0. The summed E-state index contributed by atoms with van der Waals surface area (Å²) < 4.78 is 22.6. The number of hydrogen-bond acceptors (Lipinski definition) is 9. The lowest BCUT2D eigenvalue weighted by atomic mass is 10.2. The molecule has 0 radical (unpaired) electrons. The Hall–Kier alpha value is -2.65. The van der Waals surface area contributed by atoms with E-state index < -0.39 is 0 Å². The standard InChI is InChI=1S/C20H29N5O4/c1-3-26-11-12-28-19-17(5-4-6-23-19)27-13-14-29-20-18(22-7-8-24-20)25-10-9-21-15-16(25)2/h4-8,16,21H,3,9-15H2,1-2H3/t16-/m1/s1. The molecule has 1 aliphatic heterocycles. The number of anilines is 1. The Kier molecular flexibility index (Phi) is 8.26. The predicted molar refractivity (Wildman–Crippen MR) is 109 cm³/mol. The van der Waals surface area contributed by atoms with Crippen LogP contribution in [-0.4, -0.2) is 73.7 Å². The molecule has 0 aromatic carbocycles. The third kappa shape index (κ3) is 6.16. The fraction of sp³-hybridized carbons (Fsp3) is 0.550. The van der Waals surface area contributed by atoms with Gasteiger partial charge in [-0.2, -0.15) is 0 Å². The number of nitrogens with zero attached hydrogens (tertiary/aromatic N) is 4. The van der Waals surface area contributed by atoms with E-state index in [-0.39, 0.29) is 0 Å². The van der Waals surface area contributed by atoms with E-state index in [0.29, 0.717) is 56.6 Å². The minimum Gasteiger partial charge on any atom is -0.484 e. The van der Waals surface area contributed by atoms with Crippen LogP contribution in [0.5, 0.6) is 17.5 Å². The highest BCUT2D eigenvalue weighted by atomic mass is 16.6. The molecule has 0 spiro atoms. The molecule has 1 saturated heterocycles. The highest BCUT2D eigenvalue weighted by molar-refractivity contribution is 5.49. The van der Waals surface area contributed by atoms with Crippen molar-refractivity contribution in [1.82, 2.24) is 20.3 Å². The molecule has 9 nitrogen and oxygen atoms in total. The van der Waals surface area contributed by atoms with Gasteiger partial charge in [0.15, 0.2) is 11.6 Å². The second-order valence-corrected chi connectivity index (χ2v) is 6.48. The predicted octanol–water partition coefficient (Wildman–Crippen LogP) is 1.54. The van der Waals surface area contributed by atoms with Gasteiger partial charge in [0.1, 0.15) is 19.8 Å². The molecule has 0 aliphatic carbocycles. The highest BCUT2D eigenvalue weighted by Gasteiger charge is 2.23. The van der Waals surface area contributed by atoms with E-state index in [1.807, 2.05) is 13.0 Å². The Morgan fingerprint density at radius 1 is 1.00 bits per heavy atom. The van der Waals surface area contributed by atoms with Gasteiger partial charge in [-0.25, -0.2) is 15.0 Å². The van der Waals surface area contributed by atoms with E-state index in [9.17, 15) is 0 Å². The third-order valence-corrected chi connectivity index (χ3v) is 4.41. The quantitative estimate of drug-likeness (QED) is 0.561. The smallest absolute Gasteiger partial charge is 0.257 e. The molecule has 2 aromatic heterocycles. The molecule has 2 aromatic rings. The van der Waals surface area contributed by atoms with Gasteiger partial charge in [0.05, 0.1) is 6.61 Å². The zero-order valence-electron chi connectivity index (χ0n) is 17.0. The Labute approximate surface area is 171 Å². The Bertz CT molecular complexity index is 748. The van der Waals surface area contributed by atoms with Crippen LogP contribution in [0.2, 0.25) is 0 Å². The van der Waals surface area contributed by atoms with E-state index in [1.54, 1.807) is 24.7 Å². The first-order chi connectivity index (χ1) is 14.3. The fourth-order valence-electron chi connectivity index (χ4n) is 3.00. The number of rotatable bonds is 11. The maximum atomic E-state index is 5.87. The molecule has 0 unspecified atom stereocenters. The van der Waals surface area contributed by atoms with Crippen LogP contribution in [0, 0.1) is 0 Å². The van der Waals surface area contributed by atoms with Crippen molar-refractivity contribution in [2.75, 3.05) is 57.6 Å². The van der Waals surface area contributed by atoms with Crippen LogP contribution >= 0.6 is 0 Å². The second kappa shape index (κ2) is 11.4. The second-order valence-electron chi connectivity index (χ2n) is 6.48. The van der Waals surface area contributed by atoms with E-state index >= 15 is 0 Å². The topological polar surface area (TPSA) is 90.9 Å². The summed E-state index contributed by atoms with van der Waals surface area (Å²) >= 11 is 0. The Morgan fingerprint density at radius 2 is 1.76 bits per heavy atom. The largest absolute Gasteiger partial charge is 0.484 e. The SMILES string of the molecule is CCOCCOc1ncccc1OCCOc1nccnc1N1CCNC[C@H]1C. The molecule has 1 atom stereocenters. The number of pyridine rings is 1. The molecule has 0 saturated carbocycles. The van der Waals surface area contributed by atoms with Gasteiger partial charge in [-0.05, 0) is 26.0 Å². The first-order valence-electron chi connectivity index (χ1n) is 9.99. The number of aromatic nitrogens is 3. The minimum absolute atomic E-state index is 0.325. The van der Waals surface area contributed by atoms with Crippen LogP contribution in [0.4, 0.5) is 5.82 Å². The number of hydrogen-bond donors (Lipinski definition) is 1. The van der Waals surface area contributed by atoms with Crippen molar-refractivity contribution in [3.8, 4) is 17.5 Å². The van der Waals surface area contributed by atoms with E-state index in [4.69, 9.17) is 18.9 Å². The Balaban J connectivity index is 1.51. The van der Waals surface area contributed by atoms with Gasteiger partial charge in [0.2, 0.25) is 0 Å². The van der Waals surface area contributed by atoms with Crippen molar-refractivity contribution in [3.05, 3.63) is 30.7 Å². The van der Waals surface area contributed by atoms with E-state index in [2.05, 4.69) is 32.1 Å². The molecule has 0 bridgehead atoms. The summed E-state index contributed by atoms with van der Waals surface area (Å²) in [6.45, 7) is 9.04. The van der Waals surface area contributed by atoms with E-state index in [1.165, 1.54) is 0 Å². The lowest BCUT2D eigenvalue weighted by Crippen LogP contribution is -2.50. The van der Waals surface area contributed by atoms with Crippen molar-refractivity contribution in [3.63, 3.8) is 0 Å². The number of ether oxygens (including phenoxy) is 4. The van der Waals surface area contributed by atoms with Gasteiger partial charge in [-0.1, -0.05) is 0 Å². The van der Waals surface area contributed by atoms with Gasteiger partial charge >= 0.3 is 0 Å². The average Bonchev–Trinajstić information content (AvgIpc) is 2.76. The summed E-state index contributed by atoms with van der Waals surface area (Å²) in [5.74, 6) is 2.30. The maximum Gasteiger partial charge on any atom is 0.257 e. The van der Waals surface area contributed by atoms with Crippen LogP contribution < -0.4 is 24.4 Å². The highest BCUT2D eigenvalue weighted by Crippen LogP contribution is 2.26. The summed E-state index contributed by atoms with van der Waals surface area (Å²) in [6, 6.07) is 3.95. The summed E-state index contributed by atoms with van der Waals surface area (Å²) in [5, 5.41) is 3.37. The first-order valence-corrected chi connectivity index (χ1v) is 9.99. The molecule has 29 heavy (non-hydrogen) atoms. The van der Waals surface area contributed by atoms with Crippen molar-refractivity contribution in [1.29, 1.82) is 0 Å². The molecule has 3 rings (SSSR count). The van der Waals surface area contributed by atoms with Crippen LogP contribution in [0.1, 0.15) is 13.8 Å². The zero-order chi connectivity index (χ0) is 20.3. The normalized spacial score (nSPS) is 16.5. The van der Waals surface area contributed by atoms with Crippen LogP contribution in [0.15, 0.2) is 30.7 Å². The van der Waals surface area contributed by atoms with E-state index in [0.717, 1.165) is 25.5 Å². The van der Waals surface area contributed by atoms with Crippen molar-refractivity contribution in [2.45, 2.75) is 19.9 Å². The monoisotopic (exact) mass is 403 g/mol. The first kappa shape index (κ1) is 21.1. The molecule has 1 N–H and O–H groups in total. The van der Waals surface area contributed by atoms with Crippen molar-refractivity contribution in [2.24, 2.45) is 0 Å². The van der Waals surface area contributed by atoms with Crippen molar-refractivity contribution >= 4 is 5.82 Å². The van der Waals surface area contributed by atoms with Crippen LogP contribution in [0.3, 0.4) is 0 Å². The third-order valence-electron chi connectivity index (χ3n) is 4.41. The molecular formula is C20H29N5O4. The minimum atomic E-state index is 0.325. The van der Waals surface area contributed by atoms with Gasteiger partial charge in [0.25, 0.3) is 11.8 Å². The zero-order valence-corrected chi connectivity index (χ0v) is 17.0. The maximum absolute atomic E-state index is 5.87. The number of nitrogens with one attached hydrogen (secondary N) is 1. The molecule has 158 valence electrons. The van der Waals surface area contributed by atoms with Crippen LogP contribution in [0.25, 0.3) is 0 Å². The summed E-state index contributed by atoms with van der Waals surface area (Å²) in [5.41, 5.74) is 0.